The number of halogens is 2. The molecule has 0 fully saturated rings. The number of aromatic nitrogens is 2. The lowest BCUT2D eigenvalue weighted by molar-refractivity contribution is 0.592. The summed E-state index contributed by atoms with van der Waals surface area (Å²) in [6.07, 6.45) is 0. The lowest BCUT2D eigenvalue weighted by Gasteiger charge is -2.01. The quantitative estimate of drug-likeness (QED) is 0.877. The van der Waals surface area contributed by atoms with Crippen LogP contribution in [0.5, 0.6) is 0 Å². The van der Waals surface area contributed by atoms with Crippen LogP contribution in [0.15, 0.2) is 27.1 Å². The molecule has 0 aliphatic carbocycles. The fourth-order valence-electron chi connectivity index (χ4n) is 0.982. The van der Waals surface area contributed by atoms with Gasteiger partial charge in [0, 0.05) is 5.69 Å². The molecule has 0 bridgehead atoms. The number of nitrogens with two attached hydrogens (primary N) is 1. The molecule has 1 aromatic heterocycles. The van der Waals surface area contributed by atoms with Crippen LogP contribution < -0.4 is 11.1 Å². The van der Waals surface area contributed by atoms with Gasteiger partial charge in [0.05, 0.1) is 4.47 Å². The van der Waals surface area contributed by atoms with Crippen molar-refractivity contribution >= 4 is 33.6 Å². The van der Waals surface area contributed by atoms with E-state index < -0.39 is 0 Å². The molecule has 5 nitrogen and oxygen atoms in total. The average molecular weight is 273 g/mol. The SMILES string of the molecule is Nc1nnc(Nc2ccc(Br)c(F)c2)o1. The number of nitrogens with one attached hydrogen (secondary N) is 1. The molecule has 2 aromatic rings. The molecule has 0 aliphatic heterocycles. The number of nitrogens with zero attached hydrogens (tertiary/aromatic N) is 2. The monoisotopic (exact) mass is 272 g/mol. The van der Waals surface area contributed by atoms with Crippen LogP contribution in [0.25, 0.3) is 0 Å². The van der Waals surface area contributed by atoms with Crippen molar-refractivity contribution in [2.24, 2.45) is 0 Å². The standard InChI is InChI=1S/C8H6BrFN4O/c9-5-2-1-4(3-6(5)10)12-8-14-13-7(11)15-8/h1-3H,(H2,11,13)(H,12,14). The van der Waals surface area contributed by atoms with Crippen LogP contribution in [0.2, 0.25) is 0 Å². The van der Waals surface area contributed by atoms with Crippen molar-refractivity contribution in [3.05, 3.63) is 28.5 Å². The van der Waals surface area contributed by atoms with Crippen LogP contribution >= 0.6 is 15.9 Å². The molecular weight excluding hydrogens is 267 g/mol. The van der Waals surface area contributed by atoms with Crippen LogP contribution in [0.3, 0.4) is 0 Å². The Hall–Kier alpha value is -1.63. The van der Waals surface area contributed by atoms with Crippen LogP contribution in [0.4, 0.5) is 22.1 Å². The van der Waals surface area contributed by atoms with Gasteiger partial charge in [0.25, 0.3) is 0 Å². The number of hydrogen-bond acceptors (Lipinski definition) is 5. The maximum Gasteiger partial charge on any atom is 0.321 e. The van der Waals surface area contributed by atoms with Gasteiger partial charge in [-0.25, -0.2) is 4.39 Å². The Labute approximate surface area is 92.6 Å². The van der Waals surface area contributed by atoms with E-state index in [1.807, 2.05) is 0 Å². The van der Waals surface area contributed by atoms with E-state index in [2.05, 4.69) is 31.4 Å². The first-order valence-electron chi connectivity index (χ1n) is 3.96. The molecule has 0 unspecified atom stereocenters. The second-order valence-corrected chi connectivity index (χ2v) is 3.55. The van der Waals surface area contributed by atoms with Gasteiger partial charge in [-0.1, -0.05) is 10.2 Å². The first-order chi connectivity index (χ1) is 7.15. The lowest BCUT2D eigenvalue weighted by atomic mass is 10.3. The average Bonchev–Trinajstić information content (AvgIpc) is 2.58. The summed E-state index contributed by atoms with van der Waals surface area (Å²) in [5.41, 5.74) is 5.72. The summed E-state index contributed by atoms with van der Waals surface area (Å²) in [7, 11) is 0. The molecule has 0 spiro atoms. The summed E-state index contributed by atoms with van der Waals surface area (Å²) in [5.74, 6) is -0.382. The molecule has 3 N–H and O–H groups in total. The minimum Gasteiger partial charge on any atom is -0.389 e. The third-order valence-electron chi connectivity index (χ3n) is 1.61. The number of hydrogen-bond donors (Lipinski definition) is 2. The topological polar surface area (TPSA) is 77.0 Å². The second-order valence-electron chi connectivity index (χ2n) is 2.70. The van der Waals surface area contributed by atoms with E-state index in [0.717, 1.165) is 0 Å². The third kappa shape index (κ3) is 2.24. The minimum absolute atomic E-state index is 0.0462. The summed E-state index contributed by atoms with van der Waals surface area (Å²) in [5, 5.41) is 9.74. The Morgan fingerprint density at radius 2 is 2.20 bits per heavy atom. The normalized spacial score (nSPS) is 10.3. The van der Waals surface area contributed by atoms with Crippen molar-refractivity contribution in [1.29, 1.82) is 0 Å². The van der Waals surface area contributed by atoms with Crippen molar-refractivity contribution in [2.45, 2.75) is 0 Å². The molecule has 0 radical (unpaired) electrons. The zero-order chi connectivity index (χ0) is 10.8. The van der Waals surface area contributed by atoms with Gasteiger partial charge in [0.15, 0.2) is 0 Å². The third-order valence-corrected chi connectivity index (χ3v) is 2.25. The fraction of sp³-hybridized carbons (Fsp3) is 0. The van der Waals surface area contributed by atoms with Crippen LogP contribution in [0.1, 0.15) is 0 Å². The van der Waals surface area contributed by atoms with E-state index in [-0.39, 0.29) is 17.8 Å². The first-order valence-corrected chi connectivity index (χ1v) is 4.75. The number of rotatable bonds is 2. The highest BCUT2D eigenvalue weighted by Crippen LogP contribution is 2.21. The highest BCUT2D eigenvalue weighted by atomic mass is 79.9. The Balaban J connectivity index is 2.21. The van der Waals surface area contributed by atoms with Gasteiger partial charge in [-0.2, -0.15) is 0 Å². The zero-order valence-corrected chi connectivity index (χ0v) is 8.95. The van der Waals surface area contributed by atoms with Gasteiger partial charge < -0.3 is 15.5 Å². The van der Waals surface area contributed by atoms with E-state index in [9.17, 15) is 4.39 Å². The van der Waals surface area contributed by atoms with Crippen molar-refractivity contribution in [2.75, 3.05) is 11.1 Å². The molecule has 0 aliphatic rings. The predicted molar refractivity (Wildman–Crippen MR) is 56.1 cm³/mol. The van der Waals surface area contributed by atoms with E-state index >= 15 is 0 Å². The zero-order valence-electron chi connectivity index (χ0n) is 7.37. The fourth-order valence-corrected chi connectivity index (χ4v) is 1.23. The van der Waals surface area contributed by atoms with Gasteiger partial charge in [0.1, 0.15) is 5.82 Å². The van der Waals surface area contributed by atoms with Crippen molar-refractivity contribution < 1.29 is 8.81 Å². The highest BCUT2D eigenvalue weighted by molar-refractivity contribution is 9.10. The van der Waals surface area contributed by atoms with Crippen LogP contribution in [-0.2, 0) is 0 Å². The van der Waals surface area contributed by atoms with E-state index in [1.54, 1.807) is 12.1 Å². The van der Waals surface area contributed by atoms with Crippen LogP contribution in [-0.4, -0.2) is 10.2 Å². The van der Waals surface area contributed by atoms with Gasteiger partial charge in [0.2, 0.25) is 0 Å². The molecule has 78 valence electrons. The maximum absolute atomic E-state index is 13.1. The Morgan fingerprint density at radius 1 is 1.40 bits per heavy atom. The highest BCUT2D eigenvalue weighted by Gasteiger charge is 2.05. The van der Waals surface area contributed by atoms with Crippen molar-refractivity contribution in [3.63, 3.8) is 0 Å². The molecule has 0 saturated carbocycles. The molecule has 1 heterocycles. The lowest BCUT2D eigenvalue weighted by Crippen LogP contribution is -1.91. The predicted octanol–water partition coefficient (Wildman–Crippen LogP) is 2.30. The van der Waals surface area contributed by atoms with E-state index in [1.165, 1.54) is 6.07 Å². The number of nitrogen functional groups attached to an aromatic ring is 1. The van der Waals surface area contributed by atoms with Gasteiger partial charge >= 0.3 is 12.0 Å². The van der Waals surface area contributed by atoms with Crippen LogP contribution in [0, 0.1) is 5.82 Å². The molecule has 2 rings (SSSR count). The molecule has 15 heavy (non-hydrogen) atoms. The summed E-state index contributed by atoms with van der Waals surface area (Å²) < 4.78 is 18.4. The van der Waals surface area contributed by atoms with Gasteiger partial charge in [-0.05, 0) is 34.1 Å². The number of benzene rings is 1. The van der Waals surface area contributed by atoms with Crippen molar-refractivity contribution in [1.82, 2.24) is 10.2 Å². The molecule has 1 aromatic carbocycles. The largest absolute Gasteiger partial charge is 0.389 e. The van der Waals surface area contributed by atoms with E-state index in [4.69, 9.17) is 10.2 Å². The van der Waals surface area contributed by atoms with Gasteiger partial charge in [-0.15, -0.1) is 0 Å². The van der Waals surface area contributed by atoms with E-state index in [0.29, 0.717) is 10.2 Å². The van der Waals surface area contributed by atoms with Crippen molar-refractivity contribution in [3.8, 4) is 0 Å². The summed E-state index contributed by atoms with van der Waals surface area (Å²) in [6, 6.07) is 4.60. The Morgan fingerprint density at radius 3 is 2.80 bits per heavy atom. The first kappa shape index (κ1) is 9.91. The molecular formula is C8H6BrFN4O. The summed E-state index contributed by atoms with van der Waals surface area (Å²) in [6.45, 7) is 0. The molecule has 0 saturated heterocycles. The Kier molecular flexibility index (Phi) is 2.55. The molecule has 7 heteroatoms. The summed E-state index contributed by atoms with van der Waals surface area (Å²) >= 11 is 3.04. The molecule has 0 atom stereocenters. The molecule has 0 amide bonds. The van der Waals surface area contributed by atoms with Gasteiger partial charge in [-0.3, -0.25) is 0 Å². The Bertz CT molecular complexity index is 487. The number of anilines is 3. The second kappa shape index (κ2) is 3.85. The smallest absolute Gasteiger partial charge is 0.321 e. The maximum atomic E-state index is 13.1. The minimum atomic E-state index is -0.382. The summed E-state index contributed by atoms with van der Waals surface area (Å²) in [4.78, 5) is 0.